The maximum Gasteiger partial charge on any atom is 0.269 e. The average molecular weight is 194 g/mol. The van der Waals surface area contributed by atoms with E-state index in [1.807, 2.05) is 0 Å². The zero-order valence-electron chi connectivity index (χ0n) is 7.92. The van der Waals surface area contributed by atoms with Crippen molar-refractivity contribution in [1.82, 2.24) is 20.6 Å². The molecule has 2 heterocycles. The first-order valence-electron chi connectivity index (χ1n) is 4.86. The van der Waals surface area contributed by atoms with Crippen LogP contribution in [0.2, 0.25) is 0 Å². The molecule has 1 aromatic heterocycles. The molecule has 0 spiro atoms. The van der Waals surface area contributed by atoms with Crippen LogP contribution in [0.3, 0.4) is 0 Å². The lowest BCUT2D eigenvalue weighted by Crippen LogP contribution is -2.37. The van der Waals surface area contributed by atoms with Crippen LogP contribution in [0, 0.1) is 0 Å². The van der Waals surface area contributed by atoms with E-state index in [1.54, 1.807) is 0 Å². The minimum atomic E-state index is -0.0869. The molecular weight excluding hydrogens is 180 g/mol. The van der Waals surface area contributed by atoms with Crippen LogP contribution < -0.4 is 10.6 Å². The Hall–Kier alpha value is -1.36. The maximum atomic E-state index is 11.5. The Kier molecular flexibility index (Phi) is 2.78. The first-order valence-corrected chi connectivity index (χ1v) is 4.86. The molecule has 1 aliphatic rings. The average Bonchev–Trinajstić information content (AvgIpc) is 2.87. The van der Waals surface area contributed by atoms with Crippen LogP contribution in [0.4, 0.5) is 0 Å². The molecule has 14 heavy (non-hydrogen) atoms. The predicted octanol–water partition coefficient (Wildman–Crippen LogP) is -0.109. The number of nitrogens with one attached hydrogen (secondary N) is 3. The number of H-pyrrole nitrogens is 1. The van der Waals surface area contributed by atoms with Gasteiger partial charge in [-0.1, -0.05) is 0 Å². The van der Waals surface area contributed by atoms with Crippen LogP contribution in [0.25, 0.3) is 0 Å². The lowest BCUT2D eigenvalue weighted by Gasteiger charge is -2.10. The number of hydrogen-bond donors (Lipinski definition) is 3. The molecule has 1 aliphatic heterocycles. The molecule has 1 atom stereocenters. The molecular formula is C9H14N4O. The van der Waals surface area contributed by atoms with E-state index in [0.29, 0.717) is 18.3 Å². The summed E-state index contributed by atoms with van der Waals surface area (Å²) in [5.41, 5.74) is 0.517. The van der Waals surface area contributed by atoms with Gasteiger partial charge >= 0.3 is 0 Å². The Bertz CT molecular complexity index is 290. The Balaban J connectivity index is 1.78. The summed E-state index contributed by atoms with van der Waals surface area (Å²) in [5, 5.41) is 6.17. The van der Waals surface area contributed by atoms with Gasteiger partial charge in [-0.15, -0.1) is 0 Å². The molecule has 5 heteroatoms. The lowest BCUT2D eigenvalue weighted by molar-refractivity contribution is 0.0946. The number of rotatable bonds is 3. The van der Waals surface area contributed by atoms with Gasteiger partial charge in [-0.05, 0) is 19.4 Å². The van der Waals surface area contributed by atoms with Gasteiger partial charge < -0.3 is 15.6 Å². The molecule has 1 saturated heterocycles. The third-order valence-electron chi connectivity index (χ3n) is 2.41. The quantitative estimate of drug-likeness (QED) is 0.629. The Morgan fingerprint density at radius 3 is 3.29 bits per heavy atom. The van der Waals surface area contributed by atoms with E-state index in [9.17, 15) is 4.79 Å². The van der Waals surface area contributed by atoms with Gasteiger partial charge in [-0.3, -0.25) is 4.79 Å². The minimum Gasteiger partial charge on any atom is -0.349 e. The first kappa shape index (κ1) is 9.21. The van der Waals surface area contributed by atoms with E-state index in [1.165, 1.54) is 18.9 Å². The number of hydrogen-bond acceptors (Lipinski definition) is 3. The fourth-order valence-electron chi connectivity index (χ4n) is 1.62. The normalized spacial score (nSPS) is 21.0. The maximum absolute atomic E-state index is 11.5. The number of carbonyl (C=O) groups is 1. The standard InChI is InChI=1S/C9H14N4O/c14-9(8-5-10-6-13-8)12-4-7-2-1-3-11-7/h5-7,11H,1-4H2,(H,10,13)(H,12,14). The van der Waals surface area contributed by atoms with Crippen LogP contribution >= 0.6 is 0 Å². The van der Waals surface area contributed by atoms with E-state index in [0.717, 1.165) is 13.0 Å². The second kappa shape index (κ2) is 4.23. The van der Waals surface area contributed by atoms with E-state index in [2.05, 4.69) is 20.6 Å². The van der Waals surface area contributed by atoms with E-state index >= 15 is 0 Å². The predicted molar refractivity (Wildman–Crippen MR) is 51.9 cm³/mol. The van der Waals surface area contributed by atoms with E-state index in [4.69, 9.17) is 0 Å². The number of carbonyl (C=O) groups excluding carboxylic acids is 1. The van der Waals surface area contributed by atoms with Crippen molar-refractivity contribution in [2.75, 3.05) is 13.1 Å². The van der Waals surface area contributed by atoms with Crippen molar-refractivity contribution in [2.45, 2.75) is 18.9 Å². The van der Waals surface area contributed by atoms with Gasteiger partial charge in [0.15, 0.2) is 0 Å². The second-order valence-electron chi connectivity index (χ2n) is 3.47. The third kappa shape index (κ3) is 2.11. The minimum absolute atomic E-state index is 0.0869. The van der Waals surface area contributed by atoms with Crippen molar-refractivity contribution in [2.24, 2.45) is 0 Å². The number of imidazole rings is 1. The summed E-state index contributed by atoms with van der Waals surface area (Å²) in [6.45, 7) is 1.75. The number of aromatic amines is 1. The van der Waals surface area contributed by atoms with Gasteiger partial charge in [0.2, 0.25) is 0 Å². The molecule has 0 radical (unpaired) electrons. The second-order valence-corrected chi connectivity index (χ2v) is 3.47. The van der Waals surface area contributed by atoms with Crippen LogP contribution in [-0.2, 0) is 0 Å². The zero-order valence-corrected chi connectivity index (χ0v) is 7.92. The molecule has 1 fully saturated rings. The van der Waals surface area contributed by atoms with Gasteiger partial charge in [0.05, 0.1) is 12.5 Å². The summed E-state index contributed by atoms with van der Waals surface area (Å²) >= 11 is 0. The van der Waals surface area contributed by atoms with Crippen LogP contribution in [0.5, 0.6) is 0 Å². The van der Waals surface area contributed by atoms with E-state index < -0.39 is 0 Å². The fourth-order valence-corrected chi connectivity index (χ4v) is 1.62. The summed E-state index contributed by atoms with van der Waals surface area (Å²) in [7, 11) is 0. The zero-order chi connectivity index (χ0) is 9.80. The van der Waals surface area contributed by atoms with E-state index in [-0.39, 0.29) is 5.91 Å². The molecule has 0 aromatic carbocycles. The van der Waals surface area contributed by atoms with Crippen LogP contribution in [0.15, 0.2) is 12.5 Å². The number of nitrogens with zero attached hydrogens (tertiary/aromatic N) is 1. The molecule has 1 amide bonds. The molecule has 0 bridgehead atoms. The highest BCUT2D eigenvalue weighted by atomic mass is 16.1. The number of aromatic nitrogens is 2. The summed E-state index contributed by atoms with van der Waals surface area (Å²) < 4.78 is 0. The Morgan fingerprint density at radius 2 is 2.64 bits per heavy atom. The van der Waals surface area contributed by atoms with Gasteiger partial charge in [0, 0.05) is 12.6 Å². The SMILES string of the molecule is O=C(NCC1CCCN1)c1cnc[nH]1. The fraction of sp³-hybridized carbons (Fsp3) is 0.556. The van der Waals surface area contributed by atoms with Crippen LogP contribution in [0.1, 0.15) is 23.3 Å². The van der Waals surface area contributed by atoms with Crippen molar-refractivity contribution in [3.63, 3.8) is 0 Å². The Morgan fingerprint density at radius 1 is 1.71 bits per heavy atom. The highest BCUT2D eigenvalue weighted by Gasteiger charge is 2.15. The summed E-state index contributed by atoms with van der Waals surface area (Å²) in [6.07, 6.45) is 5.37. The van der Waals surface area contributed by atoms with Crippen molar-refractivity contribution in [3.05, 3.63) is 18.2 Å². The molecule has 0 aliphatic carbocycles. The largest absolute Gasteiger partial charge is 0.349 e. The van der Waals surface area contributed by atoms with Crippen molar-refractivity contribution in [3.8, 4) is 0 Å². The molecule has 3 N–H and O–H groups in total. The summed E-state index contributed by atoms with van der Waals surface area (Å²) in [4.78, 5) is 18.0. The summed E-state index contributed by atoms with van der Waals surface area (Å²) in [6, 6.07) is 0.432. The molecule has 76 valence electrons. The third-order valence-corrected chi connectivity index (χ3v) is 2.41. The highest BCUT2D eigenvalue weighted by molar-refractivity contribution is 5.91. The topological polar surface area (TPSA) is 69.8 Å². The highest BCUT2D eigenvalue weighted by Crippen LogP contribution is 2.03. The van der Waals surface area contributed by atoms with Gasteiger partial charge in [0.25, 0.3) is 5.91 Å². The molecule has 1 unspecified atom stereocenters. The first-order chi connectivity index (χ1) is 6.86. The molecule has 5 nitrogen and oxygen atoms in total. The number of amides is 1. The van der Waals surface area contributed by atoms with Crippen LogP contribution in [-0.4, -0.2) is 35.0 Å². The van der Waals surface area contributed by atoms with Gasteiger partial charge in [-0.2, -0.15) is 0 Å². The molecule has 2 rings (SSSR count). The van der Waals surface area contributed by atoms with Crippen molar-refractivity contribution in [1.29, 1.82) is 0 Å². The molecule has 1 aromatic rings. The molecule has 0 saturated carbocycles. The van der Waals surface area contributed by atoms with Crippen molar-refractivity contribution < 1.29 is 4.79 Å². The van der Waals surface area contributed by atoms with Gasteiger partial charge in [0.1, 0.15) is 5.69 Å². The monoisotopic (exact) mass is 194 g/mol. The summed E-state index contributed by atoms with van der Waals surface area (Å²) in [5.74, 6) is -0.0869. The van der Waals surface area contributed by atoms with Gasteiger partial charge in [-0.25, -0.2) is 4.98 Å². The Labute approximate surface area is 82.3 Å². The van der Waals surface area contributed by atoms with Crippen molar-refractivity contribution >= 4 is 5.91 Å². The lowest BCUT2D eigenvalue weighted by atomic mass is 10.2. The smallest absolute Gasteiger partial charge is 0.269 e.